The van der Waals surface area contributed by atoms with E-state index >= 15 is 0 Å². The molecular formula is C3H6N3O7P2+. The van der Waals surface area contributed by atoms with Crippen molar-refractivity contribution >= 4 is 26.7 Å². The van der Waals surface area contributed by atoms with Crippen molar-refractivity contribution in [2.24, 2.45) is 4.99 Å². The molecule has 0 aliphatic carbocycles. The zero-order valence-electron chi connectivity index (χ0n) is 6.87. The van der Waals surface area contributed by atoms with Gasteiger partial charge < -0.3 is 14.2 Å². The lowest BCUT2D eigenvalue weighted by molar-refractivity contribution is 0.348. The summed E-state index contributed by atoms with van der Waals surface area (Å²) >= 11 is 0. The Morgan fingerprint density at radius 2 is 2.07 bits per heavy atom. The first-order chi connectivity index (χ1) is 6.71. The summed E-state index contributed by atoms with van der Waals surface area (Å²) in [7, 11) is -10.0. The van der Waals surface area contributed by atoms with Gasteiger partial charge >= 0.3 is 26.7 Å². The minimum absolute atomic E-state index is 0.616. The maximum atomic E-state index is 10.7. The van der Waals surface area contributed by atoms with Crippen LogP contribution in [-0.2, 0) is 4.57 Å². The second-order valence-electron chi connectivity index (χ2n) is 2.25. The van der Waals surface area contributed by atoms with Gasteiger partial charge in [0.15, 0.2) is 0 Å². The molecule has 1 aromatic rings. The largest absolute Gasteiger partial charge is 0.470 e. The lowest BCUT2D eigenvalue weighted by atomic mass is 11.2. The van der Waals surface area contributed by atoms with Gasteiger partial charge in [0, 0.05) is 0 Å². The molecular weight excluding hydrogens is 252 g/mol. The van der Waals surface area contributed by atoms with Crippen LogP contribution in [0.25, 0.3) is 0 Å². The summed E-state index contributed by atoms with van der Waals surface area (Å²) in [5.41, 5.74) is 0. The average molecular weight is 258 g/mol. The molecule has 0 saturated carbocycles. The van der Waals surface area contributed by atoms with E-state index in [1.54, 1.807) is 0 Å². The molecule has 0 spiro atoms. The molecule has 1 heterocycles. The molecule has 0 bridgehead atoms. The maximum absolute atomic E-state index is 10.7. The Bertz CT molecular complexity index is 402. The molecule has 0 aliphatic heterocycles. The van der Waals surface area contributed by atoms with E-state index < -0.39 is 26.7 Å². The normalized spacial score (nSPS) is 14.3. The molecule has 1 aromatic heterocycles. The summed E-state index contributed by atoms with van der Waals surface area (Å²) in [5.74, 6) is 0. The zero-order valence-corrected chi connectivity index (χ0v) is 8.65. The first kappa shape index (κ1) is 12.3. The van der Waals surface area contributed by atoms with Crippen LogP contribution in [0.3, 0.4) is 0 Å². The molecule has 0 fully saturated rings. The third kappa shape index (κ3) is 3.40. The summed E-state index contributed by atoms with van der Waals surface area (Å²) in [6.45, 7) is 0. The van der Waals surface area contributed by atoms with Crippen LogP contribution in [0, 0.1) is 0 Å². The Kier molecular flexibility index (Phi) is 3.31. The monoisotopic (exact) mass is 258 g/mol. The number of hydrogen-bond acceptors (Lipinski definition) is 8. The summed E-state index contributed by atoms with van der Waals surface area (Å²) in [6, 6.07) is -0.616. The molecule has 1 rings (SSSR count). The van der Waals surface area contributed by atoms with Crippen molar-refractivity contribution in [1.82, 2.24) is 10.2 Å². The third-order valence-corrected chi connectivity index (χ3v) is 3.92. The molecule has 84 valence electrons. The predicted molar refractivity (Wildman–Crippen MR) is 47.0 cm³/mol. The standard InChI is InChI=1S/C3H5N3O7P2/c7-14(8,9)3(15(10,11)12)5-2-6-4-1-13-2/h1,7-9H,(H-,10,11,12)/p+1. The van der Waals surface area contributed by atoms with E-state index in [9.17, 15) is 4.57 Å². The van der Waals surface area contributed by atoms with Crippen LogP contribution in [0.1, 0.15) is 0 Å². The van der Waals surface area contributed by atoms with E-state index in [2.05, 4.69) is 19.6 Å². The van der Waals surface area contributed by atoms with Gasteiger partial charge in [0.1, 0.15) is 0 Å². The minimum atomic E-state index is -5.12. The fraction of sp³-hybridized carbons (Fsp3) is 0. The van der Waals surface area contributed by atoms with Crippen LogP contribution in [-0.4, -0.2) is 39.9 Å². The van der Waals surface area contributed by atoms with E-state index in [-0.39, 0.29) is 0 Å². The molecule has 10 nitrogen and oxygen atoms in total. The Balaban J connectivity index is 3.20. The van der Waals surface area contributed by atoms with E-state index in [4.69, 9.17) is 24.5 Å². The molecule has 0 atom stereocenters. The Morgan fingerprint density at radius 1 is 1.47 bits per heavy atom. The summed E-state index contributed by atoms with van der Waals surface area (Å²) in [6.07, 6.45) is 0.808. The number of hydrogen-bond donors (Lipinski definition) is 5. The first-order valence-corrected chi connectivity index (χ1v) is 6.46. The Morgan fingerprint density at radius 3 is 2.40 bits per heavy atom. The lowest BCUT2D eigenvalue weighted by Crippen LogP contribution is -2.05. The van der Waals surface area contributed by atoms with Crippen molar-refractivity contribution in [2.75, 3.05) is 0 Å². The van der Waals surface area contributed by atoms with Gasteiger partial charge in [-0.1, -0.05) is 5.10 Å². The summed E-state index contributed by atoms with van der Waals surface area (Å²) in [5, 5.41) is 4.75. The van der Waals surface area contributed by atoms with E-state index in [0.29, 0.717) is 0 Å². The van der Waals surface area contributed by atoms with Crippen molar-refractivity contribution in [2.45, 2.75) is 0 Å². The van der Waals surface area contributed by atoms with Crippen LogP contribution in [0.15, 0.2) is 15.8 Å². The number of rotatable bonds is 3. The maximum Gasteiger partial charge on any atom is 0.470 e. The molecule has 0 aliphatic rings. The summed E-state index contributed by atoms with van der Waals surface area (Å²) in [4.78, 5) is 46.4. The van der Waals surface area contributed by atoms with Gasteiger partial charge in [-0.3, -0.25) is 0 Å². The minimum Gasteiger partial charge on any atom is -0.409 e. The Hall–Kier alpha value is -0.730. The van der Waals surface area contributed by atoms with Crippen LogP contribution in [0.2, 0.25) is 0 Å². The van der Waals surface area contributed by atoms with Crippen molar-refractivity contribution < 1.29 is 33.4 Å². The molecule has 0 saturated heterocycles. The van der Waals surface area contributed by atoms with Crippen molar-refractivity contribution in [3.05, 3.63) is 6.39 Å². The van der Waals surface area contributed by atoms with E-state index in [1.807, 2.05) is 0 Å². The van der Waals surface area contributed by atoms with Gasteiger partial charge in [-0.05, 0) is 0 Å². The second-order valence-corrected chi connectivity index (χ2v) is 5.67. The highest BCUT2D eigenvalue weighted by Crippen LogP contribution is 2.60. The van der Waals surface area contributed by atoms with Crippen molar-refractivity contribution in [3.63, 3.8) is 0 Å². The molecule has 0 aromatic carbocycles. The van der Waals surface area contributed by atoms with Gasteiger partial charge in [-0.2, -0.15) is 14.7 Å². The quantitative estimate of drug-likeness (QED) is 0.336. The van der Waals surface area contributed by atoms with E-state index in [1.165, 1.54) is 0 Å². The molecule has 0 amide bonds. The molecule has 0 unspecified atom stereocenters. The highest BCUT2D eigenvalue weighted by atomic mass is 31.3. The van der Waals surface area contributed by atoms with Gasteiger partial charge in [-0.15, -0.1) is 10.1 Å². The number of aliphatic imine (C=N–C) groups is 1. The number of nitrogens with zero attached hydrogens (tertiary/aromatic N) is 3. The molecule has 15 heavy (non-hydrogen) atoms. The van der Waals surface area contributed by atoms with Crippen LogP contribution in [0.5, 0.6) is 0 Å². The fourth-order valence-electron chi connectivity index (χ4n) is 0.608. The van der Waals surface area contributed by atoms with E-state index in [0.717, 1.165) is 6.39 Å². The van der Waals surface area contributed by atoms with Gasteiger partial charge in [0.25, 0.3) is 0 Å². The van der Waals surface area contributed by atoms with Crippen LogP contribution in [0.4, 0.5) is 6.01 Å². The smallest absolute Gasteiger partial charge is 0.409 e. The number of aromatic nitrogens is 2. The zero-order chi connectivity index (χ0) is 11.7. The van der Waals surface area contributed by atoms with Crippen molar-refractivity contribution in [1.29, 1.82) is 0 Å². The third-order valence-electron chi connectivity index (χ3n) is 1.07. The first-order valence-electron chi connectivity index (χ1n) is 3.20. The van der Waals surface area contributed by atoms with Gasteiger partial charge in [0.2, 0.25) is 6.39 Å². The van der Waals surface area contributed by atoms with Crippen LogP contribution < -0.4 is 0 Å². The predicted octanol–water partition coefficient (Wildman–Crippen LogP) is -1.03. The Labute approximate surface area is 82.7 Å². The molecule has 5 N–H and O–H groups in total. The SMILES string of the molecule is O=P(O)(O)C(=Nc1nnco1)[P+](O)(O)O. The summed E-state index contributed by atoms with van der Waals surface area (Å²) < 4.78 is 15.1. The lowest BCUT2D eigenvalue weighted by Gasteiger charge is -2.06. The average Bonchev–Trinajstić information content (AvgIpc) is 2.46. The molecule has 0 radical (unpaired) electrons. The molecule has 12 heteroatoms. The second kappa shape index (κ2) is 4.03. The fourth-order valence-corrected chi connectivity index (χ4v) is 2.44. The van der Waals surface area contributed by atoms with Crippen molar-refractivity contribution in [3.8, 4) is 0 Å². The highest BCUT2D eigenvalue weighted by Gasteiger charge is 2.52. The van der Waals surface area contributed by atoms with Gasteiger partial charge in [-0.25, -0.2) is 4.57 Å². The highest BCUT2D eigenvalue weighted by molar-refractivity contribution is 8.00. The topological polar surface area (TPSA) is 169 Å². The van der Waals surface area contributed by atoms with Gasteiger partial charge in [0.05, 0.1) is 0 Å². The van der Waals surface area contributed by atoms with Crippen LogP contribution >= 0.6 is 15.5 Å².